The van der Waals surface area contributed by atoms with Gasteiger partial charge in [0.25, 0.3) is 5.91 Å². The molecule has 0 unspecified atom stereocenters. The molecule has 2 aliphatic heterocycles. The van der Waals surface area contributed by atoms with E-state index in [0.717, 1.165) is 70.8 Å². The molecule has 2 aliphatic rings. The molecule has 39 heavy (non-hydrogen) atoms. The quantitative estimate of drug-likeness (QED) is 0.251. The average molecular weight is 550 g/mol. The Hall–Kier alpha value is -3.33. The minimum absolute atomic E-state index is 0.000974. The molecule has 6 N–H and O–H groups in total. The number of benzene rings is 2. The van der Waals surface area contributed by atoms with Gasteiger partial charge in [-0.25, -0.2) is 0 Å². The normalized spacial score (nSPS) is 18.6. The van der Waals surface area contributed by atoms with E-state index < -0.39 is 0 Å². The number of hydrogen-bond donors (Lipinski definition) is 3. The first-order chi connectivity index (χ1) is 18.9. The van der Waals surface area contributed by atoms with Gasteiger partial charge in [0, 0.05) is 51.4 Å². The van der Waals surface area contributed by atoms with Gasteiger partial charge >= 0.3 is 0 Å². The van der Waals surface area contributed by atoms with Gasteiger partial charge in [-0.1, -0.05) is 61.0 Å². The van der Waals surface area contributed by atoms with Crippen molar-refractivity contribution in [3.8, 4) is 0 Å². The summed E-state index contributed by atoms with van der Waals surface area (Å²) in [6, 6.07) is 16.7. The summed E-state index contributed by atoms with van der Waals surface area (Å²) in [6.07, 6.45) is 2.05. The predicted octanol–water partition coefficient (Wildman–Crippen LogP) is 3.15. The number of likely N-dealkylation sites (tertiary alicyclic amines) is 1. The maximum atomic E-state index is 13.0. The summed E-state index contributed by atoms with van der Waals surface area (Å²) >= 11 is 6.90. The molecule has 2 aromatic carbocycles. The fourth-order valence-electron chi connectivity index (χ4n) is 5.03. The second-order valence-corrected chi connectivity index (χ2v) is 10.4. The number of carbonyl (C=O) groups excluding carboxylic acids is 1. The highest BCUT2D eigenvalue weighted by Gasteiger charge is 2.22. The Kier molecular flexibility index (Phi) is 10.0. The van der Waals surface area contributed by atoms with E-state index in [9.17, 15) is 4.79 Å². The van der Waals surface area contributed by atoms with E-state index >= 15 is 0 Å². The van der Waals surface area contributed by atoms with Gasteiger partial charge < -0.3 is 27.0 Å². The molecule has 0 radical (unpaired) electrons. The van der Waals surface area contributed by atoms with E-state index in [2.05, 4.69) is 21.7 Å². The zero-order valence-corrected chi connectivity index (χ0v) is 23.5. The molecule has 8 nitrogen and oxygen atoms in total. The maximum absolute atomic E-state index is 13.0. The zero-order chi connectivity index (χ0) is 27.8. The number of hydrogen-bond acceptors (Lipinski definition) is 6. The van der Waals surface area contributed by atoms with Crippen LogP contribution >= 0.6 is 11.6 Å². The van der Waals surface area contributed by atoms with Crippen LogP contribution in [-0.2, 0) is 0 Å². The van der Waals surface area contributed by atoms with Crippen molar-refractivity contribution in [2.75, 3.05) is 58.9 Å². The number of likely N-dealkylation sites (N-methyl/N-ethyl adjacent to an activating group) is 1. The lowest BCUT2D eigenvalue weighted by Gasteiger charge is -2.33. The van der Waals surface area contributed by atoms with Crippen LogP contribution < -0.4 is 17.2 Å². The molecule has 9 heteroatoms. The molecule has 0 bridgehead atoms. The molecular weight excluding hydrogens is 510 g/mol. The van der Waals surface area contributed by atoms with Gasteiger partial charge in [-0.3, -0.25) is 14.7 Å². The largest absolute Gasteiger partial charge is 0.398 e. The van der Waals surface area contributed by atoms with E-state index in [0.29, 0.717) is 34.6 Å². The Morgan fingerprint density at radius 1 is 0.821 bits per heavy atom. The highest BCUT2D eigenvalue weighted by atomic mass is 35.5. The molecule has 2 saturated heterocycles. The lowest BCUT2D eigenvalue weighted by molar-refractivity contribution is 0.0793. The maximum Gasteiger partial charge on any atom is 0.253 e. The molecule has 2 heterocycles. The van der Waals surface area contributed by atoms with Crippen molar-refractivity contribution < 1.29 is 4.79 Å². The summed E-state index contributed by atoms with van der Waals surface area (Å²) in [5.41, 5.74) is 22.8. The van der Waals surface area contributed by atoms with Gasteiger partial charge in [0.2, 0.25) is 0 Å². The molecule has 0 saturated carbocycles. The monoisotopic (exact) mass is 549 g/mol. The molecule has 0 aromatic heterocycles. The molecule has 1 amide bonds. The summed E-state index contributed by atoms with van der Waals surface area (Å²) in [4.78, 5) is 24.4. The van der Waals surface area contributed by atoms with Crippen LogP contribution in [0.25, 0.3) is 11.4 Å². The third kappa shape index (κ3) is 7.20. The average Bonchev–Trinajstić information content (AvgIpc) is 3.52. The molecule has 2 fully saturated rings. The van der Waals surface area contributed by atoms with Crippen LogP contribution in [0.5, 0.6) is 0 Å². The Morgan fingerprint density at radius 3 is 2.10 bits per heavy atom. The smallest absolute Gasteiger partial charge is 0.253 e. The number of aliphatic imine (C=N–C) groups is 1. The van der Waals surface area contributed by atoms with E-state index in [1.165, 1.54) is 0 Å². The van der Waals surface area contributed by atoms with Crippen molar-refractivity contribution in [2.45, 2.75) is 19.8 Å². The van der Waals surface area contributed by atoms with Crippen molar-refractivity contribution in [3.05, 3.63) is 81.9 Å². The Labute approximate surface area is 236 Å². The molecular formula is C30H40ClN7O. The fraction of sp³-hybridized carbons (Fsp3) is 0.400. The number of nitrogens with zero attached hydrogens (tertiary/aromatic N) is 4. The minimum Gasteiger partial charge on any atom is -0.398 e. The SMILES string of the molecule is CCN1CCN(CCN=C(N)C(=C(N)c2cccc(C(=O)N3CCCC3)c2)/C(Cl)=C(\N)c2ccccc2)CC1. The topological polar surface area (TPSA) is 117 Å². The first-order valence-corrected chi connectivity index (χ1v) is 14.1. The standard InChI is InChI=1S/C30H40ClN7O/c1-2-36-17-19-37(20-18-36)16-13-35-29(34)25(26(31)28(33)22-9-4-3-5-10-22)27(32)23-11-8-12-24(21-23)30(39)38-14-6-7-15-38/h3-5,8-12,21H,2,6-7,13-20,32-33H2,1H3,(H2,34,35)/b27-25?,28-26+. The van der Waals surface area contributed by atoms with Crippen molar-refractivity contribution >= 4 is 34.7 Å². The highest BCUT2D eigenvalue weighted by Crippen LogP contribution is 2.29. The van der Waals surface area contributed by atoms with Crippen LogP contribution in [0.4, 0.5) is 0 Å². The van der Waals surface area contributed by atoms with Crippen LogP contribution in [0.2, 0.25) is 0 Å². The van der Waals surface area contributed by atoms with Crippen molar-refractivity contribution in [2.24, 2.45) is 22.2 Å². The van der Waals surface area contributed by atoms with Gasteiger partial charge in [0.05, 0.1) is 28.5 Å². The van der Waals surface area contributed by atoms with Gasteiger partial charge in [0.1, 0.15) is 5.84 Å². The number of halogens is 1. The van der Waals surface area contributed by atoms with Crippen molar-refractivity contribution in [3.63, 3.8) is 0 Å². The lowest BCUT2D eigenvalue weighted by atomic mass is 10.0. The van der Waals surface area contributed by atoms with Gasteiger partial charge in [-0.2, -0.15) is 0 Å². The van der Waals surface area contributed by atoms with E-state index in [1.54, 1.807) is 6.07 Å². The van der Waals surface area contributed by atoms with E-state index in [4.69, 9.17) is 28.8 Å². The number of amides is 1. The number of piperazine rings is 1. The van der Waals surface area contributed by atoms with Gasteiger partial charge in [0.15, 0.2) is 0 Å². The molecule has 4 rings (SSSR count). The van der Waals surface area contributed by atoms with Crippen LogP contribution in [0.3, 0.4) is 0 Å². The second kappa shape index (κ2) is 13.6. The molecule has 0 spiro atoms. The van der Waals surface area contributed by atoms with Crippen LogP contribution in [0, 0.1) is 0 Å². The van der Waals surface area contributed by atoms with Crippen molar-refractivity contribution in [1.82, 2.24) is 14.7 Å². The summed E-state index contributed by atoms with van der Waals surface area (Å²) in [5.74, 6) is 0.221. The first kappa shape index (κ1) is 28.7. The first-order valence-electron chi connectivity index (χ1n) is 13.7. The summed E-state index contributed by atoms with van der Waals surface area (Å²) in [7, 11) is 0. The van der Waals surface area contributed by atoms with Gasteiger partial charge in [-0.05, 0) is 42.6 Å². The van der Waals surface area contributed by atoms with E-state index in [1.807, 2.05) is 53.4 Å². The van der Waals surface area contributed by atoms with Crippen LogP contribution in [0.1, 0.15) is 41.3 Å². The number of amidine groups is 1. The van der Waals surface area contributed by atoms with Crippen LogP contribution in [0.15, 0.2) is 70.2 Å². The second-order valence-electron chi connectivity index (χ2n) is 10.0. The number of nitrogens with two attached hydrogens (primary N) is 3. The highest BCUT2D eigenvalue weighted by molar-refractivity contribution is 6.39. The molecule has 0 atom stereocenters. The third-order valence-electron chi connectivity index (χ3n) is 7.49. The fourth-order valence-corrected chi connectivity index (χ4v) is 5.34. The third-order valence-corrected chi connectivity index (χ3v) is 7.88. The van der Waals surface area contributed by atoms with Gasteiger partial charge in [-0.15, -0.1) is 0 Å². The Balaban J connectivity index is 1.65. The van der Waals surface area contributed by atoms with Crippen LogP contribution in [-0.4, -0.2) is 85.3 Å². The minimum atomic E-state index is -0.000974. The number of carbonyl (C=O) groups is 1. The summed E-state index contributed by atoms with van der Waals surface area (Å²) < 4.78 is 0. The lowest BCUT2D eigenvalue weighted by Crippen LogP contribution is -2.46. The van der Waals surface area contributed by atoms with E-state index in [-0.39, 0.29) is 16.8 Å². The molecule has 0 aliphatic carbocycles. The summed E-state index contributed by atoms with van der Waals surface area (Å²) in [6.45, 7) is 10.2. The Morgan fingerprint density at radius 2 is 1.44 bits per heavy atom. The molecule has 2 aromatic rings. The Bertz CT molecular complexity index is 1230. The zero-order valence-electron chi connectivity index (χ0n) is 22.8. The molecule has 208 valence electrons. The van der Waals surface area contributed by atoms with Crippen molar-refractivity contribution in [1.29, 1.82) is 0 Å². The number of rotatable bonds is 9. The summed E-state index contributed by atoms with van der Waals surface area (Å²) in [5, 5.41) is 0.229. The predicted molar refractivity (Wildman–Crippen MR) is 161 cm³/mol.